The number of hydrogen-bond acceptors (Lipinski definition) is 4. The lowest BCUT2D eigenvalue weighted by molar-refractivity contribution is -0.152. The summed E-state index contributed by atoms with van der Waals surface area (Å²) in [5.41, 5.74) is 7.86. The molecule has 0 aliphatic carbocycles. The summed E-state index contributed by atoms with van der Waals surface area (Å²) in [7, 11) is 0. The van der Waals surface area contributed by atoms with Crippen LogP contribution in [-0.2, 0) is 16.1 Å². The molecule has 6 nitrogen and oxygen atoms in total. The zero-order chi connectivity index (χ0) is 16.6. The highest BCUT2D eigenvalue weighted by atomic mass is 35.5. The Bertz CT molecular complexity index is 677. The molecular formula is C17H22ClN3O3. The Kier molecular flexibility index (Phi) is 5.49. The molecule has 2 heterocycles. The van der Waals surface area contributed by atoms with Gasteiger partial charge in [-0.25, -0.2) is 0 Å². The number of nitrogens with two attached hydrogens (primary N) is 1. The molecule has 2 N–H and O–H groups in total. The summed E-state index contributed by atoms with van der Waals surface area (Å²) in [5.74, 6) is -0.562. The maximum absolute atomic E-state index is 12.7. The van der Waals surface area contributed by atoms with Crippen molar-refractivity contribution in [1.82, 2.24) is 9.80 Å². The molecule has 1 aromatic carbocycles. The predicted octanol–water partition coefficient (Wildman–Crippen LogP) is 1.96. The van der Waals surface area contributed by atoms with Crippen molar-refractivity contribution in [2.75, 3.05) is 12.3 Å². The van der Waals surface area contributed by atoms with Gasteiger partial charge in [0.05, 0.1) is 0 Å². The minimum absolute atomic E-state index is 0. The lowest BCUT2D eigenvalue weighted by Gasteiger charge is -2.35. The third-order valence-electron chi connectivity index (χ3n) is 4.63. The Hall–Kier alpha value is -2.08. The van der Waals surface area contributed by atoms with Gasteiger partial charge in [0.2, 0.25) is 5.91 Å². The van der Waals surface area contributed by atoms with Crippen LogP contribution in [0, 0.1) is 0 Å². The number of amides is 3. The summed E-state index contributed by atoms with van der Waals surface area (Å²) in [6, 6.07) is 4.68. The Morgan fingerprint density at radius 3 is 2.67 bits per heavy atom. The van der Waals surface area contributed by atoms with Crippen molar-refractivity contribution in [1.29, 1.82) is 0 Å². The molecule has 7 heteroatoms. The summed E-state index contributed by atoms with van der Waals surface area (Å²) < 4.78 is 0. The number of halogens is 1. The standard InChI is InChI=1S/C17H21N3O3.ClH/c1-2-3-9-19-15(21)8-7-14(17(19)23)20-10-12-11(16(20)22)5-4-6-13(12)18;/h4-6,14H,2-3,7-10,18H2,1H3;1H. The minimum Gasteiger partial charge on any atom is -0.398 e. The van der Waals surface area contributed by atoms with Crippen molar-refractivity contribution in [2.45, 2.75) is 45.2 Å². The van der Waals surface area contributed by atoms with Gasteiger partial charge in [-0.1, -0.05) is 19.4 Å². The topological polar surface area (TPSA) is 83.7 Å². The van der Waals surface area contributed by atoms with E-state index in [1.165, 1.54) is 4.90 Å². The molecule has 0 radical (unpaired) electrons. The van der Waals surface area contributed by atoms with Gasteiger partial charge in [0.15, 0.2) is 0 Å². The summed E-state index contributed by atoms with van der Waals surface area (Å²) in [6.07, 6.45) is 2.38. The fourth-order valence-corrected chi connectivity index (χ4v) is 3.29. The molecule has 2 aliphatic rings. The number of hydrogen-bond donors (Lipinski definition) is 1. The Balaban J connectivity index is 0.00000208. The van der Waals surface area contributed by atoms with E-state index in [1.54, 1.807) is 23.1 Å². The van der Waals surface area contributed by atoms with E-state index < -0.39 is 6.04 Å². The predicted molar refractivity (Wildman–Crippen MR) is 92.6 cm³/mol. The summed E-state index contributed by atoms with van der Waals surface area (Å²) >= 11 is 0. The number of piperidine rings is 1. The SMILES string of the molecule is CCCCN1C(=O)CCC(N2Cc3c(N)cccc3C2=O)C1=O.Cl. The van der Waals surface area contributed by atoms with Crippen molar-refractivity contribution in [2.24, 2.45) is 0 Å². The maximum atomic E-state index is 12.7. The molecule has 0 bridgehead atoms. The number of likely N-dealkylation sites (tertiary alicyclic amines) is 1. The summed E-state index contributed by atoms with van der Waals surface area (Å²) in [5, 5.41) is 0. The second-order valence-electron chi connectivity index (χ2n) is 6.10. The zero-order valence-electron chi connectivity index (χ0n) is 13.7. The smallest absolute Gasteiger partial charge is 0.255 e. The zero-order valence-corrected chi connectivity index (χ0v) is 14.5. The molecule has 1 unspecified atom stereocenters. The number of nitrogen functional groups attached to an aromatic ring is 1. The first kappa shape index (κ1) is 18.3. The second-order valence-corrected chi connectivity index (χ2v) is 6.10. The molecular weight excluding hydrogens is 330 g/mol. The summed E-state index contributed by atoms with van der Waals surface area (Å²) in [4.78, 5) is 40.2. The van der Waals surface area contributed by atoms with Gasteiger partial charge < -0.3 is 10.6 Å². The molecule has 0 spiro atoms. The van der Waals surface area contributed by atoms with Crippen molar-refractivity contribution in [3.8, 4) is 0 Å². The molecule has 0 saturated carbocycles. The van der Waals surface area contributed by atoms with Crippen LogP contribution in [0.1, 0.15) is 48.5 Å². The van der Waals surface area contributed by atoms with Crippen molar-refractivity contribution < 1.29 is 14.4 Å². The van der Waals surface area contributed by atoms with E-state index in [2.05, 4.69) is 0 Å². The first-order valence-electron chi connectivity index (χ1n) is 8.07. The normalized spacial score (nSPS) is 20.2. The van der Waals surface area contributed by atoms with Crippen molar-refractivity contribution in [3.63, 3.8) is 0 Å². The largest absolute Gasteiger partial charge is 0.398 e. The quantitative estimate of drug-likeness (QED) is 0.664. The van der Waals surface area contributed by atoms with E-state index >= 15 is 0 Å². The van der Waals surface area contributed by atoms with Crippen LogP contribution in [0.25, 0.3) is 0 Å². The number of nitrogens with zero attached hydrogens (tertiary/aromatic N) is 2. The number of imide groups is 1. The Morgan fingerprint density at radius 2 is 2.00 bits per heavy atom. The molecule has 3 amide bonds. The minimum atomic E-state index is -0.566. The number of carbonyl (C=O) groups excluding carboxylic acids is 3. The monoisotopic (exact) mass is 351 g/mol. The van der Waals surface area contributed by atoms with Gasteiger partial charge in [-0.15, -0.1) is 12.4 Å². The fraction of sp³-hybridized carbons (Fsp3) is 0.471. The molecule has 1 aromatic rings. The first-order valence-corrected chi connectivity index (χ1v) is 8.07. The van der Waals surface area contributed by atoms with Gasteiger partial charge >= 0.3 is 0 Å². The molecule has 1 fully saturated rings. The van der Waals surface area contributed by atoms with Crippen LogP contribution in [-0.4, -0.2) is 40.1 Å². The van der Waals surface area contributed by atoms with Gasteiger partial charge in [-0.05, 0) is 25.0 Å². The molecule has 3 rings (SSSR count). The molecule has 2 aliphatic heterocycles. The van der Waals surface area contributed by atoms with Crippen LogP contribution >= 0.6 is 12.4 Å². The van der Waals surface area contributed by atoms with E-state index in [0.29, 0.717) is 37.2 Å². The Morgan fingerprint density at radius 1 is 1.25 bits per heavy atom. The maximum Gasteiger partial charge on any atom is 0.255 e. The number of fused-ring (bicyclic) bond motifs is 1. The lowest BCUT2D eigenvalue weighted by atomic mass is 10.0. The number of carbonyl (C=O) groups is 3. The third kappa shape index (κ3) is 2.98. The fourth-order valence-electron chi connectivity index (χ4n) is 3.29. The van der Waals surface area contributed by atoms with E-state index in [-0.39, 0.29) is 30.1 Å². The number of benzene rings is 1. The molecule has 0 aromatic heterocycles. The van der Waals surface area contributed by atoms with Gasteiger partial charge in [-0.2, -0.15) is 0 Å². The van der Waals surface area contributed by atoms with Crippen molar-refractivity contribution in [3.05, 3.63) is 29.3 Å². The highest BCUT2D eigenvalue weighted by Gasteiger charge is 2.42. The average molecular weight is 352 g/mol. The van der Waals surface area contributed by atoms with E-state index in [4.69, 9.17) is 5.73 Å². The second kappa shape index (κ2) is 7.21. The number of rotatable bonds is 4. The van der Waals surface area contributed by atoms with Crippen LogP contribution in [0.15, 0.2) is 18.2 Å². The van der Waals surface area contributed by atoms with Crippen molar-refractivity contribution >= 4 is 35.8 Å². The first-order chi connectivity index (χ1) is 11.0. The Labute approximate surface area is 147 Å². The van der Waals surface area contributed by atoms with Crippen LogP contribution in [0.4, 0.5) is 5.69 Å². The third-order valence-corrected chi connectivity index (χ3v) is 4.63. The molecule has 1 atom stereocenters. The van der Waals surface area contributed by atoms with Gasteiger partial charge in [-0.3, -0.25) is 19.3 Å². The molecule has 24 heavy (non-hydrogen) atoms. The lowest BCUT2D eigenvalue weighted by Crippen LogP contribution is -2.54. The molecule has 130 valence electrons. The van der Waals surface area contributed by atoms with Crippen LogP contribution in [0.2, 0.25) is 0 Å². The number of unbranched alkanes of at least 4 members (excludes halogenated alkanes) is 1. The van der Waals surface area contributed by atoms with E-state index in [0.717, 1.165) is 18.4 Å². The van der Waals surface area contributed by atoms with Gasteiger partial charge in [0.1, 0.15) is 6.04 Å². The van der Waals surface area contributed by atoms with Gasteiger partial charge in [0.25, 0.3) is 11.8 Å². The van der Waals surface area contributed by atoms with Crippen LogP contribution in [0.3, 0.4) is 0 Å². The van der Waals surface area contributed by atoms with Crippen LogP contribution < -0.4 is 5.73 Å². The van der Waals surface area contributed by atoms with E-state index in [1.807, 2.05) is 6.92 Å². The highest BCUT2D eigenvalue weighted by molar-refractivity contribution is 6.06. The molecule has 1 saturated heterocycles. The van der Waals surface area contributed by atoms with E-state index in [9.17, 15) is 14.4 Å². The summed E-state index contributed by atoms with van der Waals surface area (Å²) in [6.45, 7) is 2.79. The van der Waals surface area contributed by atoms with Gasteiger partial charge in [0, 0.05) is 36.3 Å². The average Bonchev–Trinajstić information content (AvgIpc) is 2.86. The number of anilines is 1. The van der Waals surface area contributed by atoms with Crippen LogP contribution in [0.5, 0.6) is 0 Å². The highest BCUT2D eigenvalue weighted by Crippen LogP contribution is 2.31.